The zero-order valence-electron chi connectivity index (χ0n) is 33.2. The van der Waals surface area contributed by atoms with Crippen molar-refractivity contribution in [1.29, 1.82) is 0 Å². The van der Waals surface area contributed by atoms with E-state index in [1.165, 1.54) is 98.8 Å². The molecule has 0 aromatic heterocycles. The van der Waals surface area contributed by atoms with E-state index in [2.05, 4.69) is 172 Å². The van der Waals surface area contributed by atoms with Gasteiger partial charge in [-0.1, -0.05) is 143 Å². The van der Waals surface area contributed by atoms with Crippen molar-refractivity contribution in [2.75, 3.05) is 4.90 Å². The molecule has 5 aliphatic carbocycles. The van der Waals surface area contributed by atoms with E-state index in [4.69, 9.17) is 0 Å². The average Bonchev–Trinajstić information content (AvgIpc) is 3.76. The van der Waals surface area contributed by atoms with E-state index in [9.17, 15) is 0 Å². The third kappa shape index (κ3) is 4.30. The predicted molar refractivity (Wildman–Crippen MR) is 233 cm³/mol. The van der Waals surface area contributed by atoms with E-state index in [0.29, 0.717) is 5.41 Å². The zero-order chi connectivity index (χ0) is 37.6. The molecule has 6 aromatic carbocycles. The van der Waals surface area contributed by atoms with E-state index in [0.717, 1.165) is 23.7 Å². The Morgan fingerprint density at radius 2 is 1.21 bits per heavy atom. The van der Waals surface area contributed by atoms with Crippen molar-refractivity contribution < 1.29 is 0 Å². The molecule has 278 valence electrons. The van der Waals surface area contributed by atoms with Crippen LogP contribution < -0.4 is 4.90 Å². The highest BCUT2D eigenvalue weighted by molar-refractivity contribution is 7.99. The first-order chi connectivity index (χ1) is 27.2. The van der Waals surface area contributed by atoms with Crippen LogP contribution in [0.1, 0.15) is 88.5 Å². The second-order valence-corrected chi connectivity index (χ2v) is 20.7. The van der Waals surface area contributed by atoms with Gasteiger partial charge >= 0.3 is 0 Å². The molecule has 1 heterocycles. The van der Waals surface area contributed by atoms with Crippen LogP contribution in [0.5, 0.6) is 0 Å². The third-order valence-corrected chi connectivity index (χ3v) is 17.3. The lowest BCUT2D eigenvalue weighted by Crippen LogP contribution is -2.74. The third-order valence-electron chi connectivity index (χ3n) is 16.2. The van der Waals surface area contributed by atoms with Crippen molar-refractivity contribution in [3.63, 3.8) is 0 Å². The van der Waals surface area contributed by atoms with Crippen LogP contribution in [0.4, 0.5) is 17.1 Å². The van der Waals surface area contributed by atoms with E-state index in [-0.39, 0.29) is 16.2 Å². The normalized spacial score (nSPS) is 29.0. The van der Waals surface area contributed by atoms with Crippen LogP contribution in [0.25, 0.3) is 22.3 Å². The van der Waals surface area contributed by atoms with Crippen LogP contribution >= 0.6 is 11.8 Å². The molecule has 4 saturated carbocycles. The van der Waals surface area contributed by atoms with Crippen molar-refractivity contribution in [3.05, 3.63) is 162 Å². The molecular formula is C54H51NS. The highest BCUT2D eigenvalue weighted by Gasteiger charge is 2.84. The Balaban J connectivity index is 1.06. The van der Waals surface area contributed by atoms with Gasteiger partial charge in [-0.2, -0.15) is 0 Å². The maximum atomic E-state index is 2.62. The van der Waals surface area contributed by atoms with Gasteiger partial charge in [0.1, 0.15) is 0 Å². The van der Waals surface area contributed by atoms with Crippen LogP contribution in [0.2, 0.25) is 0 Å². The molecule has 0 amide bonds. The summed E-state index contributed by atoms with van der Waals surface area (Å²) < 4.78 is 0. The topological polar surface area (TPSA) is 3.24 Å². The molecule has 0 radical (unpaired) electrons. The SMILES string of the molecule is CC1(C)CCC(C)(C)c2c(N(c3ccc(-c4ccccc4)cc3)c3ccc4c(c3)Sc3cccc(-c5ccccc5)c3C43C4CC5CC6CC3C64C5)cccc21. The van der Waals surface area contributed by atoms with Crippen LogP contribution in [-0.2, 0) is 16.2 Å². The van der Waals surface area contributed by atoms with E-state index in [1.807, 2.05) is 11.8 Å². The first-order valence-corrected chi connectivity index (χ1v) is 22.1. The molecule has 2 spiro atoms. The molecule has 6 unspecified atom stereocenters. The number of hydrogen-bond acceptors (Lipinski definition) is 2. The quantitative estimate of drug-likeness (QED) is 0.173. The minimum absolute atomic E-state index is 0.0618. The molecule has 0 saturated heterocycles. The fourth-order valence-corrected chi connectivity index (χ4v) is 15.2. The molecule has 1 nitrogen and oxygen atoms in total. The number of nitrogens with zero attached hydrogens (tertiary/aromatic N) is 1. The van der Waals surface area contributed by atoms with E-state index >= 15 is 0 Å². The smallest absolute Gasteiger partial charge is 0.0502 e. The van der Waals surface area contributed by atoms with Gasteiger partial charge in [0.2, 0.25) is 0 Å². The fraction of sp³-hybridized carbons (Fsp3) is 0.333. The van der Waals surface area contributed by atoms with Crippen molar-refractivity contribution >= 4 is 28.8 Å². The summed E-state index contributed by atoms with van der Waals surface area (Å²) in [5.74, 6) is 3.37. The number of fused-ring (bicyclic) bond motifs is 8. The Kier molecular flexibility index (Phi) is 6.92. The van der Waals surface area contributed by atoms with Crippen LogP contribution in [-0.4, -0.2) is 0 Å². The Bertz CT molecular complexity index is 2550. The summed E-state index contributed by atoms with van der Waals surface area (Å²) >= 11 is 2.04. The van der Waals surface area contributed by atoms with Crippen LogP contribution in [0.15, 0.2) is 149 Å². The lowest BCUT2D eigenvalue weighted by Gasteiger charge is -2.78. The summed E-state index contributed by atoms with van der Waals surface area (Å²) in [5.41, 5.74) is 16.3. The van der Waals surface area contributed by atoms with Crippen LogP contribution in [0, 0.1) is 29.1 Å². The van der Waals surface area contributed by atoms with Crippen LogP contribution in [0.3, 0.4) is 0 Å². The predicted octanol–water partition coefficient (Wildman–Crippen LogP) is 14.7. The van der Waals surface area contributed by atoms with Gasteiger partial charge in [0.05, 0.1) is 5.69 Å². The second-order valence-electron chi connectivity index (χ2n) is 19.6. The summed E-state index contributed by atoms with van der Waals surface area (Å²) in [6, 6.07) is 53.6. The average molecular weight is 746 g/mol. The Morgan fingerprint density at radius 3 is 1.98 bits per heavy atom. The molecule has 2 heteroatoms. The maximum Gasteiger partial charge on any atom is 0.0502 e. The minimum atomic E-state index is 0.0618. The molecule has 0 N–H and O–H groups in total. The Labute approximate surface area is 337 Å². The van der Waals surface area contributed by atoms with Gasteiger partial charge in [0.25, 0.3) is 0 Å². The molecule has 12 rings (SSSR count). The van der Waals surface area contributed by atoms with Crippen molar-refractivity contribution in [2.24, 2.45) is 29.1 Å². The second kappa shape index (κ2) is 11.5. The molecule has 2 bridgehead atoms. The highest BCUT2D eigenvalue weighted by Crippen LogP contribution is 2.89. The first kappa shape index (κ1) is 33.6. The first-order valence-electron chi connectivity index (χ1n) is 21.3. The minimum Gasteiger partial charge on any atom is -0.310 e. The summed E-state index contributed by atoms with van der Waals surface area (Å²) in [6.07, 6.45) is 8.17. The molecule has 4 fully saturated rings. The standard InChI is InChI=1S/C54H51NS/c1-51(2)27-28-52(3,4)50-43(51)18-12-19-44(50)55(39-23-21-36(22-24-39)35-13-7-5-8-14-35)40-25-26-42-46(32-40)56-45-20-11-17-41(37-15-9-6-10-16-37)49(45)54(42)47-30-34-29-38-31-48(54)53(38,47)33-34/h5-26,32,34,38,47-48H,27-31,33H2,1-4H3. The monoisotopic (exact) mass is 745 g/mol. The number of benzene rings is 6. The molecule has 6 aliphatic rings. The lowest BCUT2D eigenvalue weighted by atomic mass is 9.26. The van der Waals surface area contributed by atoms with Crippen molar-refractivity contribution in [2.45, 2.75) is 92.3 Å². The van der Waals surface area contributed by atoms with Gasteiger partial charge in [-0.15, -0.1) is 0 Å². The van der Waals surface area contributed by atoms with E-state index < -0.39 is 0 Å². The van der Waals surface area contributed by atoms with Gasteiger partial charge in [0.15, 0.2) is 0 Å². The maximum absolute atomic E-state index is 2.62. The summed E-state index contributed by atoms with van der Waals surface area (Å²) in [5, 5.41) is 0. The van der Waals surface area contributed by atoms with Gasteiger partial charge in [0, 0.05) is 26.6 Å². The number of anilines is 3. The van der Waals surface area contributed by atoms with Gasteiger partial charge in [-0.05, 0) is 159 Å². The molecule has 6 atom stereocenters. The molecular weight excluding hydrogens is 695 g/mol. The molecule has 56 heavy (non-hydrogen) atoms. The van der Waals surface area contributed by atoms with Crippen molar-refractivity contribution in [3.8, 4) is 22.3 Å². The van der Waals surface area contributed by atoms with E-state index in [1.54, 1.807) is 11.1 Å². The Hall–Kier alpha value is -4.53. The molecule has 1 aliphatic heterocycles. The summed E-state index contributed by atoms with van der Waals surface area (Å²) in [4.78, 5) is 5.56. The lowest BCUT2D eigenvalue weighted by molar-refractivity contribution is -0.234. The summed E-state index contributed by atoms with van der Waals surface area (Å²) in [6.45, 7) is 9.85. The van der Waals surface area contributed by atoms with Crippen molar-refractivity contribution in [1.82, 2.24) is 0 Å². The number of rotatable bonds is 5. The Morgan fingerprint density at radius 1 is 0.536 bits per heavy atom. The zero-order valence-corrected chi connectivity index (χ0v) is 34.0. The highest BCUT2D eigenvalue weighted by atomic mass is 32.2. The van der Waals surface area contributed by atoms with Gasteiger partial charge in [-0.3, -0.25) is 0 Å². The van der Waals surface area contributed by atoms with Gasteiger partial charge < -0.3 is 4.90 Å². The number of hydrogen-bond donors (Lipinski definition) is 0. The molecule has 6 aromatic rings. The summed E-state index contributed by atoms with van der Waals surface area (Å²) in [7, 11) is 0. The largest absolute Gasteiger partial charge is 0.310 e. The fourth-order valence-electron chi connectivity index (χ4n) is 13.9. The van der Waals surface area contributed by atoms with Gasteiger partial charge in [-0.25, -0.2) is 0 Å².